The van der Waals surface area contributed by atoms with Crippen LogP contribution >= 0.6 is 0 Å². The summed E-state index contributed by atoms with van der Waals surface area (Å²) in [4.78, 5) is 12.5. The van der Waals surface area contributed by atoms with Crippen molar-refractivity contribution in [2.45, 2.75) is 109 Å². The highest BCUT2D eigenvalue weighted by atomic mass is 16.3. The van der Waals surface area contributed by atoms with Gasteiger partial charge in [-0.3, -0.25) is 4.79 Å². The van der Waals surface area contributed by atoms with Gasteiger partial charge in [0.05, 0.1) is 6.04 Å². The van der Waals surface area contributed by atoms with Gasteiger partial charge in [0.15, 0.2) is 0 Å². The van der Waals surface area contributed by atoms with Crippen LogP contribution in [0.25, 0.3) is 0 Å². The Morgan fingerprint density at radius 2 is 1.66 bits per heavy atom. The first-order chi connectivity index (χ1) is 14.2. The molecule has 164 valence electrons. The number of hydrogen-bond donors (Lipinski definition) is 3. The molecule has 0 aromatic heterocycles. The zero-order valence-electron chi connectivity index (χ0n) is 18.4. The van der Waals surface area contributed by atoms with Crippen LogP contribution in [-0.2, 0) is 4.79 Å². The number of aliphatic hydroxyl groups excluding tert-OH is 1. The highest BCUT2D eigenvalue weighted by Gasteiger charge is 2.24. The molecular formula is C25H42N2O2. The van der Waals surface area contributed by atoms with Crippen molar-refractivity contribution in [2.24, 2.45) is 0 Å². The van der Waals surface area contributed by atoms with E-state index >= 15 is 0 Å². The zero-order valence-corrected chi connectivity index (χ0v) is 18.4. The molecule has 1 fully saturated rings. The molecule has 1 amide bonds. The van der Waals surface area contributed by atoms with Crippen LogP contribution in [0.15, 0.2) is 30.3 Å². The summed E-state index contributed by atoms with van der Waals surface area (Å²) in [5, 5.41) is 17.6. The smallest absolute Gasteiger partial charge is 0.220 e. The average Bonchev–Trinajstić information content (AvgIpc) is 2.77. The van der Waals surface area contributed by atoms with E-state index in [1.807, 2.05) is 30.3 Å². The van der Waals surface area contributed by atoms with E-state index < -0.39 is 6.10 Å². The van der Waals surface area contributed by atoms with Gasteiger partial charge in [-0.2, -0.15) is 0 Å². The minimum absolute atomic E-state index is 0.0592. The van der Waals surface area contributed by atoms with E-state index in [1.54, 1.807) is 0 Å². The molecule has 0 unspecified atom stereocenters. The molecule has 29 heavy (non-hydrogen) atoms. The van der Waals surface area contributed by atoms with E-state index in [2.05, 4.69) is 17.6 Å². The Balaban J connectivity index is 1.79. The molecule has 1 aromatic carbocycles. The van der Waals surface area contributed by atoms with Gasteiger partial charge in [-0.25, -0.2) is 0 Å². The van der Waals surface area contributed by atoms with Crippen molar-refractivity contribution >= 4 is 5.91 Å². The molecule has 3 N–H and O–H groups in total. The third-order valence-electron chi connectivity index (χ3n) is 6.11. The lowest BCUT2D eigenvalue weighted by Gasteiger charge is -2.29. The second kappa shape index (κ2) is 14.6. The lowest BCUT2D eigenvalue weighted by molar-refractivity contribution is -0.122. The molecule has 0 bridgehead atoms. The molecule has 0 heterocycles. The number of hydrogen-bond acceptors (Lipinski definition) is 3. The average molecular weight is 403 g/mol. The van der Waals surface area contributed by atoms with Crippen molar-refractivity contribution in [3.63, 3.8) is 0 Å². The highest BCUT2D eigenvalue weighted by molar-refractivity contribution is 5.76. The van der Waals surface area contributed by atoms with Crippen LogP contribution in [-0.4, -0.2) is 29.6 Å². The molecule has 4 nitrogen and oxygen atoms in total. The van der Waals surface area contributed by atoms with Gasteiger partial charge in [-0.15, -0.1) is 0 Å². The summed E-state index contributed by atoms with van der Waals surface area (Å²) in [5.41, 5.74) is 0.860. The first-order valence-corrected chi connectivity index (χ1v) is 12.0. The summed E-state index contributed by atoms with van der Waals surface area (Å²) in [6, 6.07) is 9.90. The van der Waals surface area contributed by atoms with E-state index in [4.69, 9.17) is 0 Å². The molecule has 0 spiro atoms. The predicted octanol–water partition coefficient (Wildman–Crippen LogP) is 5.27. The van der Waals surface area contributed by atoms with Gasteiger partial charge in [0.25, 0.3) is 0 Å². The quantitative estimate of drug-likeness (QED) is 0.372. The number of nitrogens with one attached hydrogen (secondary N) is 2. The van der Waals surface area contributed by atoms with Crippen molar-refractivity contribution < 1.29 is 9.90 Å². The van der Waals surface area contributed by atoms with Gasteiger partial charge in [0.1, 0.15) is 6.10 Å². The maximum absolute atomic E-state index is 12.5. The van der Waals surface area contributed by atoms with Crippen LogP contribution < -0.4 is 10.6 Å². The van der Waals surface area contributed by atoms with E-state index in [0.29, 0.717) is 19.0 Å². The Bertz CT molecular complexity index is 543. The van der Waals surface area contributed by atoms with Gasteiger partial charge >= 0.3 is 0 Å². The second-order valence-corrected chi connectivity index (χ2v) is 8.64. The van der Waals surface area contributed by atoms with E-state index in [1.165, 1.54) is 64.2 Å². The van der Waals surface area contributed by atoms with E-state index in [-0.39, 0.29) is 11.9 Å². The van der Waals surface area contributed by atoms with Crippen LogP contribution in [0.5, 0.6) is 0 Å². The van der Waals surface area contributed by atoms with Crippen LogP contribution in [0.3, 0.4) is 0 Å². The van der Waals surface area contributed by atoms with E-state index in [9.17, 15) is 9.90 Å². The molecule has 2 atom stereocenters. The number of benzene rings is 1. The maximum atomic E-state index is 12.5. The number of unbranched alkanes of at least 4 members (excludes halogenated alkanes) is 6. The fourth-order valence-corrected chi connectivity index (χ4v) is 4.25. The maximum Gasteiger partial charge on any atom is 0.220 e. The normalized spacial score (nSPS) is 17.0. The van der Waals surface area contributed by atoms with Gasteiger partial charge in [0, 0.05) is 19.0 Å². The lowest BCUT2D eigenvalue weighted by Crippen LogP contribution is -2.48. The largest absolute Gasteiger partial charge is 0.386 e. The molecule has 1 aliphatic carbocycles. The summed E-state index contributed by atoms with van der Waals surface area (Å²) in [7, 11) is 0. The Morgan fingerprint density at radius 1 is 1.00 bits per heavy atom. The van der Waals surface area contributed by atoms with Crippen molar-refractivity contribution in [1.29, 1.82) is 0 Å². The molecule has 4 heteroatoms. The number of carbonyl (C=O) groups excluding carboxylic acids is 1. The molecule has 1 aliphatic rings. The SMILES string of the molecule is CCCCCCCCCC(=O)N[C@@H](CNC1CCCCC1)[C@@H](O)c1ccccc1. The van der Waals surface area contributed by atoms with E-state index in [0.717, 1.165) is 18.4 Å². The minimum atomic E-state index is -0.690. The molecule has 0 saturated heterocycles. The molecule has 0 radical (unpaired) electrons. The van der Waals surface area contributed by atoms with Crippen molar-refractivity contribution in [3.05, 3.63) is 35.9 Å². The minimum Gasteiger partial charge on any atom is -0.386 e. The summed E-state index contributed by atoms with van der Waals surface area (Å²) in [6.45, 7) is 2.84. The monoisotopic (exact) mass is 402 g/mol. The molecule has 1 aromatic rings. The first kappa shape index (κ1) is 23.9. The Kier molecular flexibility index (Phi) is 12.0. The Hall–Kier alpha value is -1.39. The highest BCUT2D eigenvalue weighted by Crippen LogP contribution is 2.20. The van der Waals surface area contributed by atoms with Crippen LogP contribution in [0.4, 0.5) is 0 Å². The molecular weight excluding hydrogens is 360 g/mol. The summed E-state index contributed by atoms with van der Waals surface area (Å²) < 4.78 is 0. The molecule has 2 rings (SSSR count). The van der Waals surface area contributed by atoms with Gasteiger partial charge < -0.3 is 15.7 Å². The zero-order chi connectivity index (χ0) is 20.7. The van der Waals surface area contributed by atoms with Gasteiger partial charge in [-0.05, 0) is 24.8 Å². The summed E-state index contributed by atoms with van der Waals surface area (Å²) in [5.74, 6) is 0.0592. The fourth-order valence-electron chi connectivity index (χ4n) is 4.25. The first-order valence-electron chi connectivity index (χ1n) is 12.0. The van der Waals surface area contributed by atoms with Crippen LogP contribution in [0, 0.1) is 0 Å². The van der Waals surface area contributed by atoms with Gasteiger partial charge in [0.2, 0.25) is 5.91 Å². The Labute approximate surface area is 177 Å². The third kappa shape index (κ3) is 9.77. The standard InChI is InChI=1S/C25H42N2O2/c1-2-3-4-5-6-7-14-19-24(28)27-23(20-26-22-17-12-9-13-18-22)25(29)21-15-10-8-11-16-21/h8,10-11,15-16,22-23,25-26,29H,2-7,9,12-14,17-20H2,1H3,(H,27,28)/t23-,25-/m0/s1. The topological polar surface area (TPSA) is 61.4 Å². The fraction of sp³-hybridized carbons (Fsp3) is 0.720. The van der Waals surface area contributed by atoms with Crippen LogP contribution in [0.1, 0.15) is 102 Å². The number of amides is 1. The van der Waals surface area contributed by atoms with Crippen LogP contribution in [0.2, 0.25) is 0 Å². The molecule has 0 aliphatic heterocycles. The number of aliphatic hydroxyl groups is 1. The van der Waals surface area contributed by atoms with Crippen molar-refractivity contribution in [2.75, 3.05) is 6.54 Å². The predicted molar refractivity (Wildman–Crippen MR) is 121 cm³/mol. The second-order valence-electron chi connectivity index (χ2n) is 8.64. The number of carbonyl (C=O) groups is 1. The summed E-state index contributed by atoms with van der Waals surface area (Å²) >= 11 is 0. The third-order valence-corrected chi connectivity index (χ3v) is 6.11. The number of rotatable bonds is 14. The van der Waals surface area contributed by atoms with Crippen molar-refractivity contribution in [1.82, 2.24) is 10.6 Å². The van der Waals surface area contributed by atoms with Crippen molar-refractivity contribution in [3.8, 4) is 0 Å². The molecule has 1 saturated carbocycles. The summed E-state index contributed by atoms with van der Waals surface area (Å²) in [6.07, 6.45) is 14.5. The lowest BCUT2D eigenvalue weighted by atomic mass is 9.94. The van der Waals surface area contributed by atoms with Gasteiger partial charge in [-0.1, -0.05) is 95.0 Å². The Morgan fingerprint density at radius 3 is 2.34 bits per heavy atom.